The number of carboxylic acid groups (broad SMARTS) is 1. The molecule has 0 saturated carbocycles. The molecule has 20 heavy (non-hydrogen) atoms. The maximum atomic E-state index is 11.7. The number of H-pyrrole nitrogens is 1. The van der Waals surface area contributed by atoms with E-state index >= 15 is 0 Å². The molecule has 1 rings (SSSR count). The maximum absolute atomic E-state index is 11.7. The first-order valence-corrected chi connectivity index (χ1v) is 9.18. The molecule has 0 aliphatic carbocycles. The van der Waals surface area contributed by atoms with Crippen molar-refractivity contribution in [3.8, 4) is 0 Å². The Labute approximate surface area is 116 Å². The van der Waals surface area contributed by atoms with Crippen molar-refractivity contribution in [1.82, 2.24) is 14.7 Å². The third kappa shape index (κ3) is 6.12. The van der Waals surface area contributed by atoms with Crippen molar-refractivity contribution in [3.05, 3.63) is 18.2 Å². The monoisotopic (exact) mass is 325 g/mol. The van der Waals surface area contributed by atoms with Crippen LogP contribution in [0.1, 0.15) is 5.69 Å². The molecule has 0 aromatic carbocycles. The highest BCUT2D eigenvalue weighted by Gasteiger charge is 2.25. The van der Waals surface area contributed by atoms with Gasteiger partial charge in [-0.1, -0.05) is 0 Å². The van der Waals surface area contributed by atoms with Crippen molar-refractivity contribution in [2.45, 2.75) is 12.5 Å². The van der Waals surface area contributed by atoms with E-state index in [0.717, 1.165) is 6.26 Å². The third-order valence-corrected chi connectivity index (χ3v) is 4.91. The quantitative estimate of drug-likeness (QED) is 0.520. The van der Waals surface area contributed by atoms with Crippen molar-refractivity contribution in [1.29, 1.82) is 0 Å². The fraction of sp³-hybridized carbons (Fsp3) is 0.556. The summed E-state index contributed by atoms with van der Waals surface area (Å²) in [5, 5.41) is 8.98. The van der Waals surface area contributed by atoms with Gasteiger partial charge < -0.3 is 10.1 Å². The Morgan fingerprint density at radius 1 is 1.40 bits per heavy atom. The SMILES string of the molecule is CS(=O)(=O)CCS(=O)(=O)NC(Cc1cnc[nH]1)C(=O)O. The molecule has 0 fully saturated rings. The predicted molar refractivity (Wildman–Crippen MR) is 70.3 cm³/mol. The number of nitrogens with one attached hydrogen (secondary N) is 2. The number of imidazole rings is 1. The second-order valence-electron chi connectivity index (χ2n) is 4.24. The van der Waals surface area contributed by atoms with Crippen LogP contribution < -0.4 is 4.72 Å². The number of carbonyl (C=O) groups is 1. The van der Waals surface area contributed by atoms with Crippen LogP contribution in [0, 0.1) is 0 Å². The first kappa shape index (κ1) is 16.6. The van der Waals surface area contributed by atoms with Gasteiger partial charge >= 0.3 is 5.97 Å². The summed E-state index contributed by atoms with van der Waals surface area (Å²) in [6.45, 7) is 0. The van der Waals surface area contributed by atoms with Gasteiger partial charge in [-0.05, 0) is 0 Å². The van der Waals surface area contributed by atoms with Gasteiger partial charge in [0.2, 0.25) is 10.0 Å². The lowest BCUT2D eigenvalue weighted by molar-refractivity contribution is -0.138. The Hall–Kier alpha value is -1.46. The van der Waals surface area contributed by atoms with E-state index in [2.05, 4.69) is 9.97 Å². The standard InChI is InChI=1S/C9H15N3O6S2/c1-19(15,16)2-3-20(17,18)12-8(9(13)14)4-7-5-10-6-11-7/h5-6,8,12H,2-4H2,1H3,(H,10,11)(H,13,14). The molecule has 0 aliphatic heterocycles. The van der Waals surface area contributed by atoms with Crippen LogP contribution >= 0.6 is 0 Å². The molecule has 3 N–H and O–H groups in total. The molecule has 1 aromatic heterocycles. The predicted octanol–water partition coefficient (Wildman–Crippen LogP) is -1.63. The Morgan fingerprint density at radius 3 is 2.50 bits per heavy atom. The second-order valence-corrected chi connectivity index (χ2v) is 8.37. The fourth-order valence-electron chi connectivity index (χ4n) is 1.33. The minimum absolute atomic E-state index is 0.118. The zero-order chi connectivity index (χ0) is 15.4. The number of sulfonamides is 1. The van der Waals surface area contributed by atoms with Crippen LogP contribution in [0.25, 0.3) is 0 Å². The maximum Gasteiger partial charge on any atom is 0.322 e. The molecule has 11 heteroatoms. The van der Waals surface area contributed by atoms with E-state index in [1.54, 1.807) is 0 Å². The molecule has 0 radical (unpaired) electrons. The van der Waals surface area contributed by atoms with Crippen molar-refractivity contribution >= 4 is 25.8 Å². The van der Waals surface area contributed by atoms with Gasteiger partial charge in [0.15, 0.2) is 0 Å². The number of hydrogen-bond donors (Lipinski definition) is 3. The first-order chi connectivity index (χ1) is 9.09. The highest BCUT2D eigenvalue weighted by atomic mass is 32.2. The Balaban J connectivity index is 2.72. The van der Waals surface area contributed by atoms with Crippen LogP contribution in [0.3, 0.4) is 0 Å². The lowest BCUT2D eigenvalue weighted by atomic mass is 10.2. The molecule has 1 heterocycles. The minimum Gasteiger partial charge on any atom is -0.480 e. The molecule has 114 valence electrons. The van der Waals surface area contributed by atoms with Gasteiger partial charge in [0.25, 0.3) is 0 Å². The van der Waals surface area contributed by atoms with Gasteiger partial charge in [-0.25, -0.2) is 26.5 Å². The Bertz CT molecular complexity index is 650. The summed E-state index contributed by atoms with van der Waals surface area (Å²) in [7, 11) is -7.45. The molecule has 1 aromatic rings. The van der Waals surface area contributed by atoms with Crippen LogP contribution in [0.15, 0.2) is 12.5 Å². The smallest absolute Gasteiger partial charge is 0.322 e. The van der Waals surface area contributed by atoms with E-state index in [1.807, 2.05) is 4.72 Å². The van der Waals surface area contributed by atoms with E-state index in [1.165, 1.54) is 12.5 Å². The average molecular weight is 325 g/mol. The van der Waals surface area contributed by atoms with Gasteiger partial charge in [0, 0.05) is 24.6 Å². The molecular formula is C9H15N3O6S2. The van der Waals surface area contributed by atoms with Gasteiger partial charge in [0.1, 0.15) is 15.9 Å². The third-order valence-electron chi connectivity index (χ3n) is 2.32. The number of hydrogen-bond acceptors (Lipinski definition) is 6. The lowest BCUT2D eigenvalue weighted by Gasteiger charge is -2.13. The molecule has 9 nitrogen and oxygen atoms in total. The number of carboxylic acids is 1. The molecule has 0 aliphatic rings. The van der Waals surface area contributed by atoms with Crippen LogP contribution in [0.4, 0.5) is 0 Å². The van der Waals surface area contributed by atoms with E-state index in [0.29, 0.717) is 5.69 Å². The minimum atomic E-state index is -4.01. The molecule has 1 unspecified atom stereocenters. The molecule has 0 amide bonds. The van der Waals surface area contributed by atoms with E-state index in [9.17, 15) is 21.6 Å². The number of aliphatic carboxylic acids is 1. The van der Waals surface area contributed by atoms with E-state index < -0.39 is 43.4 Å². The van der Waals surface area contributed by atoms with Gasteiger partial charge in [-0.3, -0.25) is 4.79 Å². The molecule has 0 bridgehead atoms. The van der Waals surface area contributed by atoms with Crippen LogP contribution in [-0.4, -0.2) is 61.7 Å². The average Bonchev–Trinajstić information content (AvgIpc) is 2.77. The summed E-state index contributed by atoms with van der Waals surface area (Å²) in [5.74, 6) is -2.61. The number of nitrogens with zero attached hydrogens (tertiary/aromatic N) is 1. The largest absolute Gasteiger partial charge is 0.480 e. The summed E-state index contributed by atoms with van der Waals surface area (Å²) >= 11 is 0. The summed E-state index contributed by atoms with van der Waals surface area (Å²) in [4.78, 5) is 17.4. The first-order valence-electron chi connectivity index (χ1n) is 5.47. The summed E-state index contributed by atoms with van der Waals surface area (Å²) in [5.41, 5.74) is 0.447. The van der Waals surface area contributed by atoms with E-state index in [4.69, 9.17) is 5.11 Å². The number of rotatable bonds is 8. The number of aromatic nitrogens is 2. The summed E-state index contributed by atoms with van der Waals surface area (Å²) in [6.07, 6.45) is 3.50. The van der Waals surface area contributed by atoms with Crippen LogP contribution in [-0.2, 0) is 31.1 Å². The Kier molecular flexibility index (Phi) is 5.25. The van der Waals surface area contributed by atoms with Gasteiger partial charge in [0.05, 0.1) is 17.8 Å². The molecule has 0 saturated heterocycles. The van der Waals surface area contributed by atoms with Crippen molar-refractivity contribution in [2.75, 3.05) is 17.8 Å². The summed E-state index contributed by atoms with van der Waals surface area (Å²) in [6, 6.07) is -1.39. The second kappa shape index (κ2) is 6.33. The number of aromatic amines is 1. The summed E-state index contributed by atoms with van der Waals surface area (Å²) < 4.78 is 47.1. The molecule has 1 atom stereocenters. The number of sulfone groups is 1. The highest BCUT2D eigenvalue weighted by molar-refractivity contribution is 7.93. The lowest BCUT2D eigenvalue weighted by Crippen LogP contribution is -2.44. The Morgan fingerprint density at radius 2 is 2.05 bits per heavy atom. The fourth-order valence-corrected chi connectivity index (χ4v) is 4.16. The topological polar surface area (TPSA) is 146 Å². The zero-order valence-corrected chi connectivity index (χ0v) is 12.2. The molecular weight excluding hydrogens is 310 g/mol. The van der Waals surface area contributed by atoms with Gasteiger partial charge in [-0.15, -0.1) is 0 Å². The van der Waals surface area contributed by atoms with E-state index in [-0.39, 0.29) is 6.42 Å². The van der Waals surface area contributed by atoms with Crippen molar-refractivity contribution in [2.24, 2.45) is 0 Å². The van der Waals surface area contributed by atoms with Crippen molar-refractivity contribution < 1.29 is 26.7 Å². The molecule has 0 spiro atoms. The van der Waals surface area contributed by atoms with Crippen LogP contribution in [0.2, 0.25) is 0 Å². The van der Waals surface area contributed by atoms with Crippen LogP contribution in [0.5, 0.6) is 0 Å². The van der Waals surface area contributed by atoms with Crippen molar-refractivity contribution in [3.63, 3.8) is 0 Å². The normalized spacial score (nSPS) is 14.1. The van der Waals surface area contributed by atoms with Gasteiger partial charge in [-0.2, -0.15) is 0 Å². The zero-order valence-electron chi connectivity index (χ0n) is 10.6. The highest BCUT2D eigenvalue weighted by Crippen LogP contribution is 2.01.